The molecule has 0 atom stereocenters. The first-order chi connectivity index (χ1) is 16.6. The van der Waals surface area contributed by atoms with Gasteiger partial charge in [0, 0.05) is 18.3 Å². The van der Waals surface area contributed by atoms with E-state index in [2.05, 4.69) is 15.6 Å². The number of hydrogen-bond donors (Lipinski definition) is 4. The van der Waals surface area contributed by atoms with Gasteiger partial charge in [0.1, 0.15) is 10.1 Å². The van der Waals surface area contributed by atoms with Gasteiger partial charge in [0.05, 0.1) is 10.5 Å². The van der Waals surface area contributed by atoms with E-state index in [0.29, 0.717) is 32.6 Å². The normalized spacial score (nSPS) is 14.9. The van der Waals surface area contributed by atoms with E-state index < -0.39 is 34.9 Å². The Hall–Kier alpha value is -4.16. The Bertz CT molecular complexity index is 1320. The van der Waals surface area contributed by atoms with Crippen LogP contribution < -0.4 is 10.6 Å². The Labute approximate surface area is 207 Å². The van der Waals surface area contributed by atoms with Crippen LogP contribution in [-0.4, -0.2) is 44.0 Å². The number of thiocarbonyl (C=S) groups is 1. The van der Waals surface area contributed by atoms with Crippen LogP contribution in [0.5, 0.6) is 0 Å². The van der Waals surface area contributed by atoms with Crippen LogP contribution in [0.3, 0.4) is 0 Å². The second-order valence-corrected chi connectivity index (χ2v) is 8.64. The number of benzene rings is 2. The second-order valence-electron chi connectivity index (χ2n) is 6.92. The zero-order valence-corrected chi connectivity index (χ0v) is 19.3. The summed E-state index contributed by atoms with van der Waals surface area (Å²) in [5, 5.41) is 23.3. The highest BCUT2D eigenvalue weighted by Gasteiger charge is 2.21. The molecule has 0 aliphatic carbocycles. The maximum Gasteiger partial charge on any atom is 0.354 e. The molecule has 4 N–H and O–H groups in total. The van der Waals surface area contributed by atoms with E-state index in [0.717, 1.165) is 11.6 Å². The van der Waals surface area contributed by atoms with Crippen molar-refractivity contribution in [1.29, 1.82) is 0 Å². The van der Waals surface area contributed by atoms with Gasteiger partial charge in [0.25, 0.3) is 11.8 Å². The number of amides is 2. The monoisotopic (exact) mass is 513 g/mol. The molecule has 12 heteroatoms. The number of carboxylic acids is 2. The number of aliphatic imine (C=N–C) groups is 1. The summed E-state index contributed by atoms with van der Waals surface area (Å²) in [6.45, 7) is 0.210. The number of carboxylic acid groups (broad SMARTS) is 2. The van der Waals surface area contributed by atoms with Gasteiger partial charge in [-0.25, -0.2) is 19.0 Å². The van der Waals surface area contributed by atoms with Crippen LogP contribution in [0.15, 0.2) is 64.5 Å². The van der Waals surface area contributed by atoms with Crippen molar-refractivity contribution in [2.24, 2.45) is 4.99 Å². The maximum absolute atomic E-state index is 14.2. The van der Waals surface area contributed by atoms with E-state index in [-0.39, 0.29) is 12.5 Å². The van der Waals surface area contributed by atoms with E-state index in [4.69, 9.17) is 22.4 Å². The lowest BCUT2D eigenvalue weighted by atomic mass is 10.1. The molecule has 0 bridgehead atoms. The zero-order chi connectivity index (χ0) is 25.5. The first-order valence-electron chi connectivity index (χ1n) is 9.77. The molecule has 1 fully saturated rings. The van der Waals surface area contributed by atoms with E-state index >= 15 is 0 Å². The fraction of sp³-hybridized carbons (Fsp3) is 0.0435. The highest BCUT2D eigenvalue weighted by molar-refractivity contribution is 8.26. The summed E-state index contributed by atoms with van der Waals surface area (Å²) in [5.74, 6) is -5.38. The molecular formula is C23H16FN3O6S2. The molecule has 2 aromatic carbocycles. The van der Waals surface area contributed by atoms with E-state index in [1.165, 1.54) is 23.9 Å². The summed E-state index contributed by atoms with van der Waals surface area (Å²) >= 11 is 6.14. The van der Waals surface area contributed by atoms with Gasteiger partial charge in [-0.15, -0.1) is 0 Å². The molecule has 0 aromatic heterocycles. The molecule has 1 aliphatic heterocycles. The minimum Gasteiger partial charge on any atom is -0.478 e. The summed E-state index contributed by atoms with van der Waals surface area (Å²) in [6.07, 6.45) is 2.85. The van der Waals surface area contributed by atoms with Gasteiger partial charge in [0.15, 0.2) is 5.71 Å². The van der Waals surface area contributed by atoms with Crippen molar-refractivity contribution in [2.75, 3.05) is 5.32 Å². The SMILES string of the molecule is O=C(O)/C=C/C(=NC(=O)c1cc(CNc2ccc(/C=C3\SC(=S)NC3=O)cc2)ccc1F)C(=O)O. The molecule has 1 saturated heterocycles. The van der Waals surface area contributed by atoms with Crippen LogP contribution in [0.25, 0.3) is 6.08 Å². The third-order valence-electron chi connectivity index (χ3n) is 4.43. The van der Waals surface area contributed by atoms with Crippen LogP contribution in [0.1, 0.15) is 21.5 Å². The minimum absolute atomic E-state index is 0.210. The highest BCUT2D eigenvalue weighted by atomic mass is 32.2. The molecule has 0 spiro atoms. The number of thioether (sulfide) groups is 1. The number of anilines is 1. The molecule has 35 heavy (non-hydrogen) atoms. The van der Waals surface area contributed by atoms with Crippen LogP contribution >= 0.6 is 24.0 Å². The number of aliphatic carboxylic acids is 2. The number of carbonyl (C=O) groups excluding carboxylic acids is 2. The zero-order valence-electron chi connectivity index (χ0n) is 17.6. The number of carbonyl (C=O) groups is 4. The molecule has 0 radical (unpaired) electrons. The Morgan fingerprint density at radius 2 is 1.83 bits per heavy atom. The number of nitrogens with one attached hydrogen (secondary N) is 2. The predicted molar refractivity (Wildman–Crippen MR) is 133 cm³/mol. The molecule has 2 amide bonds. The Morgan fingerprint density at radius 3 is 2.43 bits per heavy atom. The van der Waals surface area contributed by atoms with E-state index in [1.54, 1.807) is 30.3 Å². The summed E-state index contributed by atoms with van der Waals surface area (Å²) < 4.78 is 14.6. The third-order valence-corrected chi connectivity index (χ3v) is 5.60. The van der Waals surface area contributed by atoms with Crippen LogP contribution in [-0.2, 0) is 20.9 Å². The Balaban J connectivity index is 1.70. The fourth-order valence-corrected chi connectivity index (χ4v) is 3.84. The molecular weight excluding hydrogens is 497 g/mol. The summed E-state index contributed by atoms with van der Waals surface area (Å²) in [5.41, 5.74) is 0.719. The van der Waals surface area contributed by atoms with Crippen molar-refractivity contribution < 1.29 is 33.8 Å². The van der Waals surface area contributed by atoms with Crippen molar-refractivity contribution in [3.05, 3.63) is 82.0 Å². The second kappa shape index (κ2) is 11.3. The topological polar surface area (TPSA) is 145 Å². The molecule has 178 valence electrons. The first kappa shape index (κ1) is 25.5. The number of hydrogen-bond acceptors (Lipinski definition) is 7. The van der Waals surface area contributed by atoms with Crippen LogP contribution in [0, 0.1) is 5.82 Å². The lowest BCUT2D eigenvalue weighted by Crippen LogP contribution is -2.17. The molecule has 3 rings (SSSR count). The number of rotatable bonds is 8. The van der Waals surface area contributed by atoms with Crippen molar-refractivity contribution in [1.82, 2.24) is 5.32 Å². The van der Waals surface area contributed by atoms with Gasteiger partial charge in [-0.1, -0.05) is 42.2 Å². The van der Waals surface area contributed by atoms with E-state index in [9.17, 15) is 23.6 Å². The van der Waals surface area contributed by atoms with E-state index in [1.807, 2.05) is 0 Å². The lowest BCUT2D eigenvalue weighted by Gasteiger charge is -2.09. The number of halogens is 1. The average Bonchev–Trinajstić information content (AvgIpc) is 3.12. The Morgan fingerprint density at radius 1 is 1.11 bits per heavy atom. The first-order valence-corrected chi connectivity index (χ1v) is 11.0. The van der Waals surface area contributed by atoms with Gasteiger partial charge in [-0.2, -0.15) is 0 Å². The summed E-state index contributed by atoms with van der Waals surface area (Å²) in [4.78, 5) is 49.7. The molecule has 1 aliphatic rings. The van der Waals surface area contributed by atoms with Crippen molar-refractivity contribution in [3.8, 4) is 0 Å². The highest BCUT2D eigenvalue weighted by Crippen LogP contribution is 2.26. The smallest absolute Gasteiger partial charge is 0.354 e. The van der Waals surface area contributed by atoms with Gasteiger partial charge in [-0.05, 0) is 47.5 Å². The van der Waals surface area contributed by atoms with Gasteiger partial charge < -0.3 is 20.8 Å². The van der Waals surface area contributed by atoms with Gasteiger partial charge in [0.2, 0.25) is 0 Å². The third kappa shape index (κ3) is 7.16. The molecule has 1 heterocycles. The maximum atomic E-state index is 14.2. The van der Waals surface area contributed by atoms with Gasteiger partial charge >= 0.3 is 11.9 Å². The van der Waals surface area contributed by atoms with Crippen LogP contribution in [0.4, 0.5) is 10.1 Å². The standard InChI is InChI=1S/C23H16FN3O6S2/c24-16-6-3-13(9-15(16)20(30)26-17(22(32)33)7-8-19(28)29)11-25-14-4-1-12(2-5-14)10-18-21(31)27-23(34)35-18/h1-10,25H,11H2,(H,28,29)(H,32,33)(H,27,31,34)/b8-7+,18-10-,26-17?. The quantitative estimate of drug-likeness (QED) is 0.237. The number of nitrogens with zero attached hydrogens (tertiary/aromatic N) is 1. The molecule has 0 unspecified atom stereocenters. The molecule has 9 nitrogen and oxygen atoms in total. The fourth-order valence-electron chi connectivity index (χ4n) is 2.80. The van der Waals surface area contributed by atoms with Crippen molar-refractivity contribution >= 4 is 69.5 Å². The van der Waals surface area contributed by atoms with Crippen LogP contribution in [0.2, 0.25) is 0 Å². The molecule has 0 saturated carbocycles. The molecule has 2 aromatic rings. The predicted octanol–water partition coefficient (Wildman–Crippen LogP) is 3.23. The lowest BCUT2D eigenvalue weighted by molar-refractivity contribution is -0.131. The van der Waals surface area contributed by atoms with Gasteiger partial charge in [-0.3, -0.25) is 9.59 Å². The Kier molecular flexibility index (Phi) is 8.23. The summed E-state index contributed by atoms with van der Waals surface area (Å²) in [7, 11) is 0. The van der Waals surface area contributed by atoms with Crippen molar-refractivity contribution in [3.63, 3.8) is 0 Å². The van der Waals surface area contributed by atoms with Crippen molar-refractivity contribution in [2.45, 2.75) is 6.54 Å². The summed E-state index contributed by atoms with van der Waals surface area (Å²) in [6, 6.07) is 10.9. The largest absolute Gasteiger partial charge is 0.478 e. The average molecular weight is 514 g/mol. The minimum atomic E-state index is -1.64.